The summed E-state index contributed by atoms with van der Waals surface area (Å²) in [6, 6.07) is 5.86. The average Bonchev–Trinajstić information content (AvgIpc) is 2.48. The second-order valence-electron chi connectivity index (χ2n) is 4.56. The Kier molecular flexibility index (Phi) is 5.10. The average molecular weight is 315 g/mol. The number of benzene rings is 1. The molecule has 21 heavy (non-hydrogen) atoms. The summed E-state index contributed by atoms with van der Waals surface area (Å²) < 4.78 is 30.7. The van der Waals surface area contributed by atoms with Gasteiger partial charge < -0.3 is 10.1 Å². The van der Waals surface area contributed by atoms with Crippen LogP contribution in [0.15, 0.2) is 24.3 Å². The zero-order chi connectivity index (χ0) is 15.3. The predicted molar refractivity (Wildman–Crippen MR) is 77.8 cm³/mol. The molecule has 1 aliphatic heterocycles. The van der Waals surface area contributed by atoms with Crippen molar-refractivity contribution in [3.05, 3.63) is 34.4 Å². The first-order valence-electron chi connectivity index (χ1n) is 6.53. The van der Waals surface area contributed by atoms with Crippen molar-refractivity contribution in [2.45, 2.75) is 0 Å². The van der Waals surface area contributed by atoms with E-state index in [1.54, 1.807) is 12.1 Å². The summed E-state index contributed by atoms with van der Waals surface area (Å²) in [5, 5.41) is 13.5. The number of non-ortho nitro benzene ring substituents is 1. The number of sulfonamides is 1. The fraction of sp³-hybridized carbons (Fsp3) is 0.500. The summed E-state index contributed by atoms with van der Waals surface area (Å²) >= 11 is 0. The number of hydrogen-bond donors (Lipinski definition) is 1. The molecule has 1 fully saturated rings. The smallest absolute Gasteiger partial charge is 0.269 e. The van der Waals surface area contributed by atoms with E-state index in [0.717, 1.165) is 0 Å². The third-order valence-corrected chi connectivity index (χ3v) is 5.00. The van der Waals surface area contributed by atoms with Gasteiger partial charge in [-0.2, -0.15) is 4.31 Å². The second-order valence-corrected chi connectivity index (χ2v) is 6.65. The topological polar surface area (TPSA) is 102 Å². The lowest BCUT2D eigenvalue weighted by atomic mass is 10.3. The van der Waals surface area contributed by atoms with E-state index in [2.05, 4.69) is 5.32 Å². The number of nitrogens with zero attached hydrogens (tertiary/aromatic N) is 2. The molecule has 1 aromatic carbocycles. The monoisotopic (exact) mass is 315 g/mol. The first kappa shape index (κ1) is 15.7. The van der Waals surface area contributed by atoms with E-state index in [1.807, 2.05) is 0 Å². The highest BCUT2D eigenvalue weighted by Gasteiger charge is 2.23. The maximum Gasteiger partial charge on any atom is 0.269 e. The molecule has 0 unspecified atom stereocenters. The van der Waals surface area contributed by atoms with Gasteiger partial charge in [0, 0.05) is 37.5 Å². The second kappa shape index (κ2) is 6.83. The Bertz CT molecular complexity index is 581. The Morgan fingerprint density at radius 2 is 1.86 bits per heavy atom. The van der Waals surface area contributed by atoms with Gasteiger partial charge in [-0.05, 0) is 12.1 Å². The fourth-order valence-electron chi connectivity index (χ4n) is 1.98. The maximum absolute atomic E-state index is 12.1. The first-order valence-corrected chi connectivity index (χ1v) is 8.14. The number of hydrogen-bond acceptors (Lipinski definition) is 6. The van der Waals surface area contributed by atoms with Crippen LogP contribution in [0.4, 0.5) is 11.4 Å². The van der Waals surface area contributed by atoms with Gasteiger partial charge in [-0.3, -0.25) is 10.1 Å². The Balaban J connectivity index is 1.84. The van der Waals surface area contributed by atoms with Crippen LogP contribution < -0.4 is 5.32 Å². The minimum atomic E-state index is -3.29. The molecule has 0 spiro atoms. The molecule has 2 rings (SSSR count). The molecule has 9 heteroatoms. The summed E-state index contributed by atoms with van der Waals surface area (Å²) in [6.07, 6.45) is 0. The lowest BCUT2D eigenvalue weighted by Crippen LogP contribution is -2.42. The molecule has 8 nitrogen and oxygen atoms in total. The Morgan fingerprint density at radius 1 is 1.24 bits per heavy atom. The van der Waals surface area contributed by atoms with Crippen molar-refractivity contribution in [2.75, 3.05) is 43.9 Å². The molecular weight excluding hydrogens is 298 g/mol. The van der Waals surface area contributed by atoms with E-state index in [-0.39, 0.29) is 18.0 Å². The van der Waals surface area contributed by atoms with Gasteiger partial charge in [0.05, 0.1) is 23.9 Å². The summed E-state index contributed by atoms with van der Waals surface area (Å²) in [7, 11) is -3.29. The van der Waals surface area contributed by atoms with E-state index in [0.29, 0.717) is 32.0 Å². The number of nitro benzene ring substituents is 1. The van der Waals surface area contributed by atoms with Crippen molar-refractivity contribution in [2.24, 2.45) is 0 Å². The summed E-state index contributed by atoms with van der Waals surface area (Å²) in [6.45, 7) is 1.88. The van der Waals surface area contributed by atoms with Crippen molar-refractivity contribution < 1.29 is 18.1 Å². The van der Waals surface area contributed by atoms with Crippen molar-refractivity contribution in [3.63, 3.8) is 0 Å². The lowest BCUT2D eigenvalue weighted by Gasteiger charge is -2.26. The maximum atomic E-state index is 12.1. The highest BCUT2D eigenvalue weighted by Crippen LogP contribution is 2.15. The van der Waals surface area contributed by atoms with Gasteiger partial charge in [0.1, 0.15) is 0 Å². The Hall–Kier alpha value is -1.71. The van der Waals surface area contributed by atoms with Crippen LogP contribution in [0.1, 0.15) is 0 Å². The summed E-state index contributed by atoms with van der Waals surface area (Å²) in [4.78, 5) is 10.0. The highest BCUT2D eigenvalue weighted by molar-refractivity contribution is 7.89. The highest BCUT2D eigenvalue weighted by atomic mass is 32.2. The lowest BCUT2D eigenvalue weighted by molar-refractivity contribution is -0.384. The van der Waals surface area contributed by atoms with Crippen LogP contribution in [0.5, 0.6) is 0 Å². The number of morpholine rings is 1. The SMILES string of the molecule is O=[N+]([O-])c1ccc(NCCS(=O)(=O)N2CCOCC2)cc1. The van der Waals surface area contributed by atoms with Crippen molar-refractivity contribution >= 4 is 21.4 Å². The minimum Gasteiger partial charge on any atom is -0.384 e. The van der Waals surface area contributed by atoms with Crippen molar-refractivity contribution in [1.29, 1.82) is 0 Å². The summed E-state index contributed by atoms with van der Waals surface area (Å²) in [5.74, 6) is -0.0238. The molecule has 0 atom stereocenters. The van der Waals surface area contributed by atoms with Gasteiger partial charge in [-0.15, -0.1) is 0 Å². The predicted octanol–water partition coefficient (Wildman–Crippen LogP) is 0.669. The molecule has 0 aromatic heterocycles. The van der Waals surface area contributed by atoms with E-state index in [4.69, 9.17) is 4.74 Å². The zero-order valence-electron chi connectivity index (χ0n) is 11.4. The van der Waals surface area contributed by atoms with Crippen molar-refractivity contribution in [3.8, 4) is 0 Å². The molecule has 0 bridgehead atoms. The first-order chi connectivity index (χ1) is 9.99. The molecule has 1 aliphatic rings. The standard InChI is InChI=1S/C12H17N3O5S/c16-15(17)12-3-1-11(2-4-12)13-5-10-21(18,19)14-6-8-20-9-7-14/h1-4,13H,5-10H2. The quantitative estimate of drug-likeness (QED) is 0.611. The number of nitro groups is 1. The van der Waals surface area contributed by atoms with Gasteiger partial charge in [-0.1, -0.05) is 0 Å². The van der Waals surface area contributed by atoms with Crippen LogP contribution in [0.2, 0.25) is 0 Å². The number of ether oxygens (including phenoxy) is 1. The van der Waals surface area contributed by atoms with Gasteiger partial charge >= 0.3 is 0 Å². The van der Waals surface area contributed by atoms with Crippen molar-refractivity contribution in [1.82, 2.24) is 4.31 Å². The Morgan fingerprint density at radius 3 is 2.43 bits per heavy atom. The largest absolute Gasteiger partial charge is 0.384 e. The van der Waals surface area contributed by atoms with Crippen LogP contribution in [-0.2, 0) is 14.8 Å². The van der Waals surface area contributed by atoms with Gasteiger partial charge in [-0.25, -0.2) is 8.42 Å². The number of rotatable bonds is 6. The van der Waals surface area contributed by atoms with Crippen LogP contribution in [-0.4, -0.2) is 56.2 Å². The molecule has 116 valence electrons. The molecule has 1 aromatic rings. The van der Waals surface area contributed by atoms with E-state index in [1.165, 1.54) is 16.4 Å². The molecule has 0 saturated carbocycles. The third-order valence-electron chi connectivity index (χ3n) is 3.13. The molecular formula is C12H17N3O5S. The normalized spacial score (nSPS) is 16.6. The molecule has 0 aliphatic carbocycles. The van der Waals surface area contributed by atoms with Gasteiger partial charge in [0.25, 0.3) is 5.69 Å². The molecule has 1 saturated heterocycles. The van der Waals surface area contributed by atoms with Gasteiger partial charge in [0.15, 0.2) is 0 Å². The minimum absolute atomic E-state index is 0.00138. The number of anilines is 1. The molecule has 0 amide bonds. The van der Waals surface area contributed by atoms with Gasteiger partial charge in [0.2, 0.25) is 10.0 Å². The van der Waals surface area contributed by atoms with Crippen LogP contribution in [0.25, 0.3) is 0 Å². The molecule has 1 heterocycles. The van der Waals surface area contributed by atoms with Crippen LogP contribution in [0.3, 0.4) is 0 Å². The van der Waals surface area contributed by atoms with E-state index >= 15 is 0 Å². The fourth-order valence-corrected chi connectivity index (χ4v) is 3.30. The van der Waals surface area contributed by atoms with Crippen LogP contribution >= 0.6 is 0 Å². The Labute approximate surface area is 122 Å². The molecule has 0 radical (unpaired) electrons. The summed E-state index contributed by atoms with van der Waals surface area (Å²) in [5.41, 5.74) is 0.652. The third kappa shape index (κ3) is 4.38. The van der Waals surface area contributed by atoms with Crippen LogP contribution in [0, 0.1) is 10.1 Å². The van der Waals surface area contributed by atoms with E-state index in [9.17, 15) is 18.5 Å². The zero-order valence-corrected chi connectivity index (χ0v) is 12.2. The van der Waals surface area contributed by atoms with E-state index < -0.39 is 14.9 Å². The molecule has 1 N–H and O–H groups in total. The number of nitrogens with one attached hydrogen (secondary N) is 1.